The van der Waals surface area contributed by atoms with Crippen LogP contribution in [0, 0.1) is 0 Å². The summed E-state index contributed by atoms with van der Waals surface area (Å²) in [6, 6.07) is 0. The van der Waals surface area contributed by atoms with Crippen molar-refractivity contribution in [3.63, 3.8) is 0 Å². The number of rotatable bonds is 5. The smallest absolute Gasteiger partial charge is 0.287 e. The van der Waals surface area contributed by atoms with Gasteiger partial charge in [0.25, 0.3) is 5.79 Å². The number of hydrogen-bond donors (Lipinski definition) is 0. The van der Waals surface area contributed by atoms with Gasteiger partial charge in [0.15, 0.2) is 11.5 Å². The Morgan fingerprint density at radius 1 is 0.765 bits per heavy atom. The van der Waals surface area contributed by atoms with E-state index in [1.807, 2.05) is 6.92 Å². The molecule has 0 amide bonds. The van der Waals surface area contributed by atoms with E-state index in [0.29, 0.717) is 11.5 Å². The Balaban J connectivity index is 3.32. The first-order valence-electron chi connectivity index (χ1n) is 5.22. The molecule has 17 heavy (non-hydrogen) atoms. The maximum atomic E-state index is 5.41. The average Bonchev–Trinajstić information content (AvgIpc) is 2.37. The minimum atomic E-state index is -1.15. The van der Waals surface area contributed by atoms with E-state index >= 15 is 0 Å². The third kappa shape index (κ3) is 2.18. The summed E-state index contributed by atoms with van der Waals surface area (Å²) in [6.07, 6.45) is 3.59. The van der Waals surface area contributed by atoms with E-state index in [4.69, 9.17) is 23.7 Å². The second-order valence-electron chi connectivity index (χ2n) is 3.84. The lowest BCUT2D eigenvalue weighted by molar-refractivity contribution is -0.199. The molecular formula is C12H20O5. The van der Waals surface area contributed by atoms with Crippen LogP contribution in [-0.4, -0.2) is 46.9 Å². The topological polar surface area (TPSA) is 46.2 Å². The summed E-state index contributed by atoms with van der Waals surface area (Å²) >= 11 is 0. The Kier molecular flexibility index (Phi) is 4.19. The maximum Gasteiger partial charge on any atom is 0.287 e. The SMILES string of the molecule is COC1=CC(C)(OC)C=C(OC)C1(OC)OC. The van der Waals surface area contributed by atoms with E-state index in [-0.39, 0.29) is 0 Å². The molecule has 1 rings (SSSR count). The Morgan fingerprint density at radius 3 is 1.41 bits per heavy atom. The molecule has 0 aromatic rings. The van der Waals surface area contributed by atoms with Gasteiger partial charge < -0.3 is 23.7 Å². The highest BCUT2D eigenvalue weighted by molar-refractivity contribution is 5.34. The molecule has 98 valence electrons. The predicted molar refractivity (Wildman–Crippen MR) is 62.3 cm³/mol. The van der Waals surface area contributed by atoms with Crippen LogP contribution in [0.15, 0.2) is 23.7 Å². The molecule has 1 aliphatic rings. The predicted octanol–water partition coefficient (Wildman–Crippen LogP) is 1.45. The fraction of sp³-hybridized carbons (Fsp3) is 0.667. The van der Waals surface area contributed by atoms with Crippen LogP contribution < -0.4 is 0 Å². The molecule has 0 aromatic carbocycles. The number of methoxy groups -OCH3 is 5. The van der Waals surface area contributed by atoms with E-state index in [1.54, 1.807) is 33.5 Å². The summed E-state index contributed by atoms with van der Waals surface area (Å²) in [7, 11) is 7.76. The van der Waals surface area contributed by atoms with Crippen molar-refractivity contribution in [2.45, 2.75) is 18.3 Å². The van der Waals surface area contributed by atoms with Gasteiger partial charge >= 0.3 is 0 Å². The minimum absolute atomic E-state index is 0.492. The van der Waals surface area contributed by atoms with Crippen molar-refractivity contribution >= 4 is 0 Å². The second kappa shape index (κ2) is 5.08. The Labute approximate surface area is 102 Å². The van der Waals surface area contributed by atoms with Gasteiger partial charge in [-0.3, -0.25) is 0 Å². The van der Waals surface area contributed by atoms with E-state index in [9.17, 15) is 0 Å². The fourth-order valence-electron chi connectivity index (χ4n) is 1.86. The quantitative estimate of drug-likeness (QED) is 0.685. The normalized spacial score (nSPS) is 21.5. The van der Waals surface area contributed by atoms with Gasteiger partial charge in [-0.2, -0.15) is 0 Å². The van der Waals surface area contributed by atoms with Crippen molar-refractivity contribution in [2.75, 3.05) is 35.5 Å². The van der Waals surface area contributed by atoms with Crippen molar-refractivity contribution in [2.24, 2.45) is 0 Å². The summed E-state index contributed by atoms with van der Waals surface area (Å²) < 4.78 is 26.9. The average molecular weight is 244 g/mol. The first kappa shape index (κ1) is 14.0. The highest BCUT2D eigenvalue weighted by atomic mass is 16.7. The molecule has 0 aromatic heterocycles. The highest BCUT2D eigenvalue weighted by Gasteiger charge is 2.48. The third-order valence-corrected chi connectivity index (χ3v) is 2.94. The van der Waals surface area contributed by atoms with Gasteiger partial charge in [-0.15, -0.1) is 0 Å². The van der Waals surface area contributed by atoms with Crippen LogP contribution in [0.2, 0.25) is 0 Å². The molecule has 0 N–H and O–H groups in total. The summed E-state index contributed by atoms with van der Waals surface area (Å²) in [5.74, 6) is -0.168. The van der Waals surface area contributed by atoms with E-state index in [0.717, 1.165) is 0 Å². The van der Waals surface area contributed by atoms with Crippen molar-refractivity contribution in [1.29, 1.82) is 0 Å². The van der Waals surface area contributed by atoms with E-state index in [1.165, 1.54) is 14.2 Å². The molecule has 0 saturated heterocycles. The van der Waals surface area contributed by atoms with Crippen LogP contribution in [-0.2, 0) is 23.7 Å². The van der Waals surface area contributed by atoms with Gasteiger partial charge in [0.05, 0.1) is 14.2 Å². The maximum absolute atomic E-state index is 5.41. The van der Waals surface area contributed by atoms with Gasteiger partial charge in [0.1, 0.15) is 5.60 Å². The molecular weight excluding hydrogens is 224 g/mol. The molecule has 0 unspecified atom stereocenters. The fourth-order valence-corrected chi connectivity index (χ4v) is 1.86. The lowest BCUT2D eigenvalue weighted by atomic mass is 9.93. The van der Waals surface area contributed by atoms with Crippen LogP contribution in [0.5, 0.6) is 0 Å². The Morgan fingerprint density at radius 2 is 1.18 bits per heavy atom. The molecule has 0 atom stereocenters. The molecule has 1 aliphatic carbocycles. The molecule has 0 fully saturated rings. The third-order valence-electron chi connectivity index (χ3n) is 2.94. The van der Waals surface area contributed by atoms with E-state index < -0.39 is 11.4 Å². The lowest BCUT2D eigenvalue weighted by Crippen LogP contribution is -2.45. The molecule has 0 radical (unpaired) electrons. The van der Waals surface area contributed by atoms with Crippen molar-refractivity contribution in [1.82, 2.24) is 0 Å². The zero-order chi connectivity index (χ0) is 13.1. The van der Waals surface area contributed by atoms with Gasteiger partial charge in [-0.05, 0) is 19.1 Å². The molecule has 0 bridgehead atoms. The molecule has 5 heteroatoms. The standard InChI is InChI=1S/C12H20O5/c1-11(15-4)7-9(13-2)12(16-5,17-6)10(8-11)14-3/h7-8H,1-6H3. The summed E-state index contributed by atoms with van der Waals surface area (Å²) in [5.41, 5.74) is -0.614. The number of ether oxygens (including phenoxy) is 5. The monoisotopic (exact) mass is 244 g/mol. The lowest BCUT2D eigenvalue weighted by Gasteiger charge is -2.39. The first-order valence-corrected chi connectivity index (χ1v) is 5.22. The van der Waals surface area contributed by atoms with Crippen molar-refractivity contribution in [3.8, 4) is 0 Å². The summed E-state index contributed by atoms with van der Waals surface area (Å²) in [6.45, 7) is 1.89. The van der Waals surface area contributed by atoms with E-state index in [2.05, 4.69) is 0 Å². The molecule has 5 nitrogen and oxygen atoms in total. The largest absolute Gasteiger partial charge is 0.495 e. The number of hydrogen-bond acceptors (Lipinski definition) is 5. The van der Waals surface area contributed by atoms with Crippen LogP contribution in [0.1, 0.15) is 6.92 Å². The van der Waals surface area contributed by atoms with Gasteiger partial charge in [0, 0.05) is 21.3 Å². The van der Waals surface area contributed by atoms with Gasteiger partial charge in [0.2, 0.25) is 0 Å². The second-order valence-corrected chi connectivity index (χ2v) is 3.84. The molecule has 0 heterocycles. The molecule has 0 aliphatic heterocycles. The van der Waals surface area contributed by atoms with Gasteiger partial charge in [-0.1, -0.05) is 0 Å². The summed E-state index contributed by atoms with van der Waals surface area (Å²) in [5, 5.41) is 0. The Bertz CT molecular complexity index is 304. The van der Waals surface area contributed by atoms with Crippen LogP contribution in [0.4, 0.5) is 0 Å². The van der Waals surface area contributed by atoms with Crippen molar-refractivity contribution < 1.29 is 23.7 Å². The van der Waals surface area contributed by atoms with Crippen LogP contribution in [0.25, 0.3) is 0 Å². The molecule has 0 saturated carbocycles. The van der Waals surface area contributed by atoms with Crippen LogP contribution >= 0.6 is 0 Å². The highest BCUT2D eigenvalue weighted by Crippen LogP contribution is 2.39. The zero-order valence-electron chi connectivity index (χ0n) is 11.2. The minimum Gasteiger partial charge on any atom is -0.495 e. The van der Waals surface area contributed by atoms with Crippen molar-refractivity contribution in [3.05, 3.63) is 23.7 Å². The zero-order valence-corrected chi connectivity index (χ0v) is 11.2. The van der Waals surface area contributed by atoms with Gasteiger partial charge in [-0.25, -0.2) is 0 Å². The first-order chi connectivity index (χ1) is 8.01. The Hall–Kier alpha value is -1.04. The van der Waals surface area contributed by atoms with Crippen LogP contribution in [0.3, 0.4) is 0 Å². The summed E-state index contributed by atoms with van der Waals surface area (Å²) in [4.78, 5) is 0. The molecule has 0 spiro atoms.